The molecule has 0 saturated carbocycles. The molecular weight excluding hydrogens is 336 g/mol. The summed E-state index contributed by atoms with van der Waals surface area (Å²) < 4.78 is 4.92. The number of methoxy groups -OCH3 is 1. The average molecular weight is 367 g/mol. The largest absolute Gasteiger partial charge is 0.469 e. The molecule has 0 amide bonds. The van der Waals surface area contributed by atoms with Crippen molar-refractivity contribution >= 4 is 23.3 Å². The Kier molecular flexibility index (Phi) is 7.23. The fourth-order valence-corrected chi connectivity index (χ4v) is 4.10. The average Bonchev–Trinajstić information content (AvgIpc) is 3.16. The second kappa shape index (κ2) is 9.17. The number of esters is 1. The molecule has 140 valence electrons. The van der Waals surface area contributed by atoms with Crippen LogP contribution in [0.2, 0.25) is 0 Å². The van der Waals surface area contributed by atoms with Gasteiger partial charge in [0.15, 0.2) is 5.96 Å². The lowest BCUT2D eigenvalue weighted by Gasteiger charge is -2.21. The van der Waals surface area contributed by atoms with Crippen LogP contribution in [0.1, 0.15) is 37.6 Å². The summed E-state index contributed by atoms with van der Waals surface area (Å²) >= 11 is 1.73. The first-order valence-corrected chi connectivity index (χ1v) is 9.80. The number of carbonyl (C=O) groups is 1. The highest BCUT2D eigenvalue weighted by Crippen LogP contribution is 2.24. The van der Waals surface area contributed by atoms with Crippen molar-refractivity contribution in [2.75, 3.05) is 26.7 Å². The van der Waals surface area contributed by atoms with E-state index in [4.69, 9.17) is 9.73 Å². The maximum Gasteiger partial charge on any atom is 0.310 e. The fraction of sp³-hybridized carbons (Fsp3) is 0.722. The number of likely N-dealkylation sites (tertiary alicyclic amines) is 1. The summed E-state index contributed by atoms with van der Waals surface area (Å²) in [7, 11) is 1.45. The second-order valence-corrected chi connectivity index (χ2v) is 8.20. The van der Waals surface area contributed by atoms with E-state index in [1.807, 2.05) is 6.20 Å². The van der Waals surface area contributed by atoms with Crippen LogP contribution in [0, 0.1) is 17.8 Å². The zero-order valence-corrected chi connectivity index (χ0v) is 16.7. The van der Waals surface area contributed by atoms with E-state index in [2.05, 4.69) is 42.9 Å². The molecule has 0 aliphatic carbocycles. The number of aromatic nitrogens is 1. The van der Waals surface area contributed by atoms with E-state index in [-0.39, 0.29) is 17.8 Å². The van der Waals surface area contributed by atoms with E-state index >= 15 is 0 Å². The maximum absolute atomic E-state index is 11.9. The van der Waals surface area contributed by atoms with E-state index in [0.717, 1.165) is 25.5 Å². The topological polar surface area (TPSA) is 66.8 Å². The number of ether oxygens (including phenoxy) is 1. The predicted molar refractivity (Wildman–Crippen MR) is 102 cm³/mol. The fourth-order valence-electron chi connectivity index (χ4n) is 3.04. The summed E-state index contributed by atoms with van der Waals surface area (Å²) in [6, 6.07) is 0. The summed E-state index contributed by atoms with van der Waals surface area (Å²) in [4.78, 5) is 24.5. The van der Waals surface area contributed by atoms with Gasteiger partial charge in [0.1, 0.15) is 0 Å². The van der Waals surface area contributed by atoms with Crippen molar-refractivity contribution in [3.63, 3.8) is 0 Å². The van der Waals surface area contributed by atoms with Gasteiger partial charge in [-0.15, -0.1) is 11.3 Å². The van der Waals surface area contributed by atoms with Crippen LogP contribution in [0.3, 0.4) is 0 Å². The van der Waals surface area contributed by atoms with Crippen LogP contribution in [0.5, 0.6) is 0 Å². The zero-order chi connectivity index (χ0) is 18.4. The molecule has 1 saturated heterocycles. The van der Waals surface area contributed by atoms with Crippen molar-refractivity contribution in [3.05, 3.63) is 16.1 Å². The zero-order valence-electron chi connectivity index (χ0n) is 15.9. The molecule has 0 bridgehead atoms. The molecule has 6 nitrogen and oxygen atoms in total. The first-order chi connectivity index (χ1) is 11.9. The van der Waals surface area contributed by atoms with Crippen LogP contribution in [-0.2, 0) is 22.5 Å². The van der Waals surface area contributed by atoms with E-state index in [1.165, 1.54) is 17.0 Å². The monoisotopic (exact) mass is 366 g/mol. The number of nitrogens with zero attached hydrogens (tertiary/aromatic N) is 3. The van der Waals surface area contributed by atoms with Crippen LogP contribution in [0.4, 0.5) is 0 Å². The lowest BCUT2D eigenvalue weighted by molar-refractivity contribution is -0.145. The third-order valence-corrected chi connectivity index (χ3v) is 5.32. The number of hydrogen-bond acceptors (Lipinski definition) is 5. The molecule has 2 heterocycles. The third kappa shape index (κ3) is 5.42. The molecule has 0 spiro atoms. The minimum atomic E-state index is -0.133. The maximum atomic E-state index is 11.9. The van der Waals surface area contributed by atoms with Crippen LogP contribution in [-0.4, -0.2) is 48.6 Å². The first kappa shape index (κ1) is 19.7. The Hall–Kier alpha value is -1.63. The van der Waals surface area contributed by atoms with Gasteiger partial charge in [0.2, 0.25) is 0 Å². The van der Waals surface area contributed by atoms with Gasteiger partial charge in [0.05, 0.1) is 24.6 Å². The highest BCUT2D eigenvalue weighted by molar-refractivity contribution is 7.11. The van der Waals surface area contributed by atoms with Gasteiger partial charge in [-0.1, -0.05) is 20.8 Å². The SMILES string of the molecule is CCNC(=NCc1cnc(CC(C)C)s1)N1CC(C)C(C(=O)OC)C1. The van der Waals surface area contributed by atoms with Gasteiger partial charge in [-0.2, -0.15) is 0 Å². The number of guanidine groups is 1. The summed E-state index contributed by atoms with van der Waals surface area (Å²) in [5, 5.41) is 4.51. The van der Waals surface area contributed by atoms with Crippen molar-refractivity contribution in [1.29, 1.82) is 0 Å². The lowest BCUT2D eigenvalue weighted by Crippen LogP contribution is -2.40. The van der Waals surface area contributed by atoms with Gasteiger partial charge in [-0.05, 0) is 18.8 Å². The Labute approximate surface area is 154 Å². The van der Waals surface area contributed by atoms with Gasteiger partial charge >= 0.3 is 5.97 Å². The molecule has 1 aliphatic rings. The molecule has 0 radical (unpaired) electrons. The van der Waals surface area contributed by atoms with Gasteiger partial charge in [-0.3, -0.25) is 4.79 Å². The van der Waals surface area contributed by atoms with Crippen molar-refractivity contribution in [1.82, 2.24) is 15.2 Å². The molecule has 1 aromatic rings. The van der Waals surface area contributed by atoms with Crippen LogP contribution in [0.15, 0.2) is 11.2 Å². The van der Waals surface area contributed by atoms with E-state index in [0.29, 0.717) is 19.0 Å². The number of thiazole rings is 1. The third-order valence-electron chi connectivity index (χ3n) is 4.32. The number of nitrogens with one attached hydrogen (secondary N) is 1. The van der Waals surface area contributed by atoms with Gasteiger partial charge in [0.25, 0.3) is 0 Å². The van der Waals surface area contributed by atoms with E-state index < -0.39 is 0 Å². The van der Waals surface area contributed by atoms with E-state index in [9.17, 15) is 4.79 Å². The summed E-state index contributed by atoms with van der Waals surface area (Å²) in [5.41, 5.74) is 0. The highest BCUT2D eigenvalue weighted by atomic mass is 32.1. The Balaban J connectivity index is 2.03. The summed E-state index contributed by atoms with van der Waals surface area (Å²) in [5.74, 6) is 1.51. The van der Waals surface area contributed by atoms with E-state index in [1.54, 1.807) is 11.3 Å². The molecule has 0 aromatic carbocycles. The Bertz CT molecular complexity index is 600. The minimum Gasteiger partial charge on any atom is -0.469 e. The Morgan fingerprint density at radius 2 is 2.28 bits per heavy atom. The highest BCUT2D eigenvalue weighted by Gasteiger charge is 2.36. The first-order valence-electron chi connectivity index (χ1n) is 8.99. The molecule has 1 aromatic heterocycles. The molecule has 25 heavy (non-hydrogen) atoms. The summed E-state index contributed by atoms with van der Waals surface area (Å²) in [6.07, 6.45) is 2.94. The van der Waals surface area contributed by atoms with Crippen LogP contribution >= 0.6 is 11.3 Å². The van der Waals surface area contributed by atoms with Crippen LogP contribution < -0.4 is 5.32 Å². The van der Waals surface area contributed by atoms with Crippen molar-refractivity contribution in [2.45, 2.75) is 40.7 Å². The normalized spacial score (nSPS) is 21.0. The molecule has 2 unspecified atom stereocenters. The second-order valence-electron chi connectivity index (χ2n) is 7.00. The Morgan fingerprint density at radius 1 is 1.52 bits per heavy atom. The molecule has 2 rings (SSSR count). The lowest BCUT2D eigenvalue weighted by atomic mass is 9.99. The smallest absolute Gasteiger partial charge is 0.310 e. The summed E-state index contributed by atoms with van der Waals surface area (Å²) in [6.45, 7) is 11.4. The standard InChI is InChI=1S/C18H30N4O2S/c1-6-19-18(22-10-13(4)15(11-22)17(23)24-5)21-9-14-8-20-16(25-14)7-12(2)3/h8,12-13,15H,6-7,9-11H2,1-5H3,(H,19,21). The van der Waals surface area contributed by atoms with Crippen molar-refractivity contribution in [2.24, 2.45) is 22.7 Å². The van der Waals surface area contributed by atoms with Gasteiger partial charge in [0, 0.05) is 37.1 Å². The Morgan fingerprint density at radius 3 is 2.92 bits per heavy atom. The number of rotatable bonds is 6. The van der Waals surface area contributed by atoms with Crippen LogP contribution in [0.25, 0.3) is 0 Å². The number of aliphatic imine (C=N–C) groups is 1. The molecule has 7 heteroatoms. The van der Waals surface area contributed by atoms with Gasteiger partial charge in [-0.25, -0.2) is 9.98 Å². The predicted octanol–water partition coefficient (Wildman–Crippen LogP) is 2.55. The molecule has 1 fully saturated rings. The molecule has 1 N–H and O–H groups in total. The minimum absolute atomic E-state index is 0.0881. The van der Waals surface area contributed by atoms with Crippen molar-refractivity contribution < 1.29 is 9.53 Å². The molecular formula is C18H30N4O2S. The number of carbonyl (C=O) groups excluding carboxylic acids is 1. The van der Waals surface area contributed by atoms with Crippen molar-refractivity contribution in [3.8, 4) is 0 Å². The van der Waals surface area contributed by atoms with Gasteiger partial charge < -0.3 is 15.0 Å². The molecule has 2 atom stereocenters. The number of hydrogen-bond donors (Lipinski definition) is 1. The molecule has 1 aliphatic heterocycles. The quantitative estimate of drug-likeness (QED) is 0.476.